The highest BCUT2D eigenvalue weighted by Crippen LogP contribution is 2.19. The first-order valence-corrected chi connectivity index (χ1v) is 9.70. The number of amides is 1. The van der Waals surface area contributed by atoms with Gasteiger partial charge in [-0.05, 0) is 42.7 Å². The van der Waals surface area contributed by atoms with Gasteiger partial charge in [0.25, 0.3) is 0 Å². The summed E-state index contributed by atoms with van der Waals surface area (Å²) in [6, 6.07) is 10.2. The molecular weight excluding hydrogens is 324 g/mol. The Hall–Kier alpha value is -2.21. The zero-order valence-corrected chi connectivity index (χ0v) is 14.9. The third-order valence-electron chi connectivity index (χ3n) is 3.90. The van der Waals surface area contributed by atoms with Crippen LogP contribution < -0.4 is 5.32 Å². The Morgan fingerprint density at radius 3 is 2.42 bits per heavy atom. The van der Waals surface area contributed by atoms with E-state index in [1.165, 1.54) is 6.26 Å². The van der Waals surface area contributed by atoms with Crippen molar-refractivity contribution in [1.82, 2.24) is 10.3 Å². The Balaban J connectivity index is 2.09. The fourth-order valence-corrected chi connectivity index (χ4v) is 3.10. The van der Waals surface area contributed by atoms with Crippen LogP contribution in [0.1, 0.15) is 36.2 Å². The van der Waals surface area contributed by atoms with Crippen LogP contribution in [0.3, 0.4) is 0 Å². The first-order valence-electron chi connectivity index (χ1n) is 7.81. The average molecular weight is 346 g/mol. The normalized spacial score (nSPS) is 12.6. The Labute approximate surface area is 143 Å². The van der Waals surface area contributed by atoms with Crippen molar-refractivity contribution in [2.75, 3.05) is 6.26 Å². The summed E-state index contributed by atoms with van der Waals surface area (Å²) in [5.74, 6) is -0.101. The van der Waals surface area contributed by atoms with E-state index in [4.69, 9.17) is 0 Å². The van der Waals surface area contributed by atoms with E-state index in [-0.39, 0.29) is 23.3 Å². The molecule has 1 N–H and O–H groups in total. The summed E-state index contributed by atoms with van der Waals surface area (Å²) in [4.78, 5) is 16.8. The van der Waals surface area contributed by atoms with Gasteiger partial charge in [-0.15, -0.1) is 0 Å². The van der Waals surface area contributed by atoms with Crippen molar-refractivity contribution in [2.24, 2.45) is 0 Å². The Morgan fingerprint density at radius 1 is 1.21 bits per heavy atom. The van der Waals surface area contributed by atoms with E-state index in [0.29, 0.717) is 6.42 Å². The number of nitrogens with zero attached hydrogens (tertiary/aromatic N) is 1. The summed E-state index contributed by atoms with van der Waals surface area (Å²) in [6.45, 7) is 3.90. The quantitative estimate of drug-likeness (QED) is 0.872. The maximum absolute atomic E-state index is 12.3. The van der Waals surface area contributed by atoms with Gasteiger partial charge in [0.2, 0.25) is 5.91 Å². The standard InChI is InChI=1S/C18H22N2O3S/c1-4-16(14-7-9-15(10-8-14)24(3,22)23)20-18(21)12-17-13(2)6-5-11-19-17/h5-11,16H,4,12H2,1-3H3,(H,20,21)/t16-/m1/s1. The van der Waals surface area contributed by atoms with Crippen molar-refractivity contribution >= 4 is 15.7 Å². The van der Waals surface area contributed by atoms with Crippen LogP contribution in [0.4, 0.5) is 0 Å². The van der Waals surface area contributed by atoms with E-state index in [1.807, 2.05) is 26.0 Å². The van der Waals surface area contributed by atoms with Crippen molar-refractivity contribution in [3.05, 3.63) is 59.4 Å². The molecule has 0 aliphatic rings. The molecule has 0 aliphatic carbocycles. The van der Waals surface area contributed by atoms with Crippen molar-refractivity contribution in [3.63, 3.8) is 0 Å². The number of aromatic nitrogens is 1. The highest BCUT2D eigenvalue weighted by molar-refractivity contribution is 7.90. The summed E-state index contributed by atoms with van der Waals surface area (Å²) in [6.07, 6.45) is 3.79. The van der Waals surface area contributed by atoms with Gasteiger partial charge in [0.05, 0.1) is 23.1 Å². The first-order chi connectivity index (χ1) is 11.3. The number of carbonyl (C=O) groups excluding carboxylic acids is 1. The van der Waals surface area contributed by atoms with Gasteiger partial charge < -0.3 is 5.32 Å². The van der Waals surface area contributed by atoms with Crippen LogP contribution >= 0.6 is 0 Å². The fraction of sp³-hybridized carbons (Fsp3) is 0.333. The SMILES string of the molecule is CC[C@@H](NC(=O)Cc1ncccc1C)c1ccc(S(C)(=O)=O)cc1. The monoisotopic (exact) mass is 346 g/mol. The van der Waals surface area contributed by atoms with Gasteiger partial charge in [-0.1, -0.05) is 25.1 Å². The topological polar surface area (TPSA) is 76.1 Å². The molecule has 1 aromatic carbocycles. The molecular formula is C18H22N2O3S. The number of carbonyl (C=O) groups is 1. The molecule has 0 saturated heterocycles. The Morgan fingerprint density at radius 2 is 1.88 bits per heavy atom. The van der Waals surface area contributed by atoms with Crippen molar-refractivity contribution < 1.29 is 13.2 Å². The lowest BCUT2D eigenvalue weighted by atomic mass is 10.0. The molecule has 0 fully saturated rings. The lowest BCUT2D eigenvalue weighted by Crippen LogP contribution is -2.30. The molecule has 0 bridgehead atoms. The van der Waals surface area contributed by atoms with E-state index in [1.54, 1.807) is 30.5 Å². The maximum Gasteiger partial charge on any atom is 0.226 e. The lowest BCUT2D eigenvalue weighted by Gasteiger charge is -2.18. The number of hydrogen-bond acceptors (Lipinski definition) is 4. The smallest absolute Gasteiger partial charge is 0.226 e. The van der Waals surface area contributed by atoms with Crippen LogP contribution in [-0.2, 0) is 21.1 Å². The summed E-state index contributed by atoms with van der Waals surface area (Å²) in [7, 11) is -3.22. The molecule has 0 radical (unpaired) electrons. The number of pyridine rings is 1. The molecule has 5 nitrogen and oxygen atoms in total. The van der Waals surface area contributed by atoms with Crippen LogP contribution in [0.15, 0.2) is 47.5 Å². The van der Waals surface area contributed by atoms with Gasteiger partial charge in [0.15, 0.2) is 9.84 Å². The second-order valence-corrected chi connectivity index (χ2v) is 7.83. The Bertz CT molecular complexity index is 814. The maximum atomic E-state index is 12.3. The third kappa shape index (κ3) is 4.64. The molecule has 0 unspecified atom stereocenters. The van der Waals surface area contributed by atoms with Gasteiger partial charge in [-0.2, -0.15) is 0 Å². The summed E-state index contributed by atoms with van der Waals surface area (Å²) in [5.41, 5.74) is 2.63. The molecule has 0 spiro atoms. The van der Waals surface area contributed by atoms with Crippen molar-refractivity contribution in [1.29, 1.82) is 0 Å². The predicted molar refractivity (Wildman–Crippen MR) is 93.4 cm³/mol. The summed E-state index contributed by atoms with van der Waals surface area (Å²) >= 11 is 0. The molecule has 128 valence electrons. The summed E-state index contributed by atoms with van der Waals surface area (Å²) < 4.78 is 23.0. The van der Waals surface area contributed by atoms with Crippen LogP contribution in [0.2, 0.25) is 0 Å². The molecule has 1 amide bonds. The second-order valence-electron chi connectivity index (χ2n) is 5.81. The van der Waals surface area contributed by atoms with Crippen LogP contribution in [0, 0.1) is 6.92 Å². The molecule has 1 heterocycles. The van der Waals surface area contributed by atoms with Crippen LogP contribution in [0.5, 0.6) is 0 Å². The molecule has 2 rings (SSSR count). The number of sulfone groups is 1. The molecule has 1 atom stereocenters. The number of nitrogens with one attached hydrogen (secondary N) is 1. The first kappa shape index (κ1) is 18.1. The van der Waals surface area contributed by atoms with Crippen molar-refractivity contribution in [3.8, 4) is 0 Å². The predicted octanol–water partition coefficient (Wildman–Crippen LogP) is 2.60. The average Bonchev–Trinajstić information content (AvgIpc) is 2.54. The largest absolute Gasteiger partial charge is 0.349 e. The minimum atomic E-state index is -3.22. The number of benzene rings is 1. The highest BCUT2D eigenvalue weighted by Gasteiger charge is 2.15. The van der Waals surface area contributed by atoms with Gasteiger partial charge >= 0.3 is 0 Å². The minimum absolute atomic E-state index is 0.101. The van der Waals surface area contributed by atoms with Crippen molar-refractivity contribution in [2.45, 2.75) is 37.6 Å². The summed E-state index contributed by atoms with van der Waals surface area (Å²) in [5, 5.41) is 2.99. The van der Waals surface area contributed by atoms with E-state index < -0.39 is 9.84 Å². The molecule has 1 aromatic heterocycles. The van der Waals surface area contributed by atoms with E-state index >= 15 is 0 Å². The van der Waals surface area contributed by atoms with Gasteiger partial charge in [-0.25, -0.2) is 8.42 Å². The lowest BCUT2D eigenvalue weighted by molar-refractivity contribution is -0.121. The zero-order chi connectivity index (χ0) is 17.7. The molecule has 0 aliphatic heterocycles. The van der Waals surface area contributed by atoms with Crippen LogP contribution in [0.25, 0.3) is 0 Å². The fourth-order valence-electron chi connectivity index (χ4n) is 2.47. The third-order valence-corrected chi connectivity index (χ3v) is 5.03. The van der Waals surface area contributed by atoms with E-state index in [2.05, 4.69) is 10.3 Å². The Kier molecular flexibility index (Phi) is 5.72. The van der Waals surface area contributed by atoms with Gasteiger partial charge in [0.1, 0.15) is 0 Å². The molecule has 24 heavy (non-hydrogen) atoms. The molecule has 2 aromatic rings. The van der Waals surface area contributed by atoms with Gasteiger partial charge in [0, 0.05) is 12.5 Å². The number of rotatable bonds is 6. The van der Waals surface area contributed by atoms with Crippen LogP contribution in [-0.4, -0.2) is 25.6 Å². The molecule has 0 saturated carbocycles. The van der Waals surface area contributed by atoms with E-state index in [9.17, 15) is 13.2 Å². The van der Waals surface area contributed by atoms with Gasteiger partial charge in [-0.3, -0.25) is 9.78 Å². The number of hydrogen-bond donors (Lipinski definition) is 1. The number of aryl methyl sites for hydroxylation is 1. The molecule has 6 heteroatoms. The zero-order valence-electron chi connectivity index (χ0n) is 14.1. The highest BCUT2D eigenvalue weighted by atomic mass is 32.2. The second kappa shape index (κ2) is 7.57. The van der Waals surface area contributed by atoms with E-state index in [0.717, 1.165) is 16.8 Å². The minimum Gasteiger partial charge on any atom is -0.349 e.